The molecule has 0 heterocycles. The van der Waals surface area contributed by atoms with Crippen LogP contribution in [0.5, 0.6) is 0 Å². The predicted octanol–water partition coefficient (Wildman–Crippen LogP) is 2.37. The van der Waals surface area contributed by atoms with E-state index in [4.69, 9.17) is 10.8 Å². The fourth-order valence-electron chi connectivity index (χ4n) is 1.32. The molecule has 0 aromatic heterocycles. The monoisotopic (exact) mass is 275 g/mol. The second-order valence-electron chi connectivity index (χ2n) is 3.35. The fraction of sp³-hybridized carbons (Fsp3) is 0.300. The van der Waals surface area contributed by atoms with Crippen molar-refractivity contribution in [2.45, 2.75) is 19.4 Å². The minimum Gasteiger partial charge on any atom is -0.481 e. The zero-order valence-electron chi connectivity index (χ0n) is 8.13. The predicted molar refractivity (Wildman–Crippen MR) is 58.0 cm³/mol. The van der Waals surface area contributed by atoms with Crippen molar-refractivity contribution in [1.29, 1.82) is 0 Å². The van der Waals surface area contributed by atoms with Crippen LogP contribution in [0.1, 0.15) is 23.6 Å². The van der Waals surface area contributed by atoms with Crippen molar-refractivity contribution in [1.82, 2.24) is 0 Å². The number of benzene rings is 1. The third kappa shape index (κ3) is 3.00. The normalized spacial score (nSPS) is 12.5. The smallest absolute Gasteiger partial charge is 0.305 e. The van der Waals surface area contributed by atoms with E-state index in [-0.39, 0.29) is 12.0 Å². The van der Waals surface area contributed by atoms with Crippen LogP contribution in [-0.2, 0) is 4.79 Å². The van der Waals surface area contributed by atoms with E-state index in [1.807, 2.05) is 0 Å². The average Bonchev–Trinajstić information content (AvgIpc) is 2.09. The number of nitrogens with two attached hydrogens (primary N) is 1. The van der Waals surface area contributed by atoms with Crippen LogP contribution in [0.2, 0.25) is 0 Å². The Labute approximate surface area is 95.2 Å². The molecular formula is C10H11BrFNO2. The molecule has 3 nitrogen and oxygen atoms in total. The Kier molecular flexibility index (Phi) is 3.82. The van der Waals surface area contributed by atoms with E-state index in [0.29, 0.717) is 4.47 Å². The highest BCUT2D eigenvalue weighted by Crippen LogP contribution is 2.26. The highest BCUT2D eigenvalue weighted by atomic mass is 79.9. The number of aliphatic carboxylic acids is 1. The van der Waals surface area contributed by atoms with E-state index >= 15 is 0 Å². The molecule has 1 rings (SSSR count). The maximum absolute atomic E-state index is 13.6. The summed E-state index contributed by atoms with van der Waals surface area (Å²) in [5.74, 6) is -1.53. The molecule has 0 spiro atoms. The number of carboxylic acids is 1. The van der Waals surface area contributed by atoms with E-state index in [0.717, 1.165) is 5.56 Å². The molecule has 0 aliphatic rings. The maximum atomic E-state index is 13.6. The zero-order valence-corrected chi connectivity index (χ0v) is 9.71. The Hall–Kier alpha value is -0.940. The summed E-state index contributed by atoms with van der Waals surface area (Å²) in [6.45, 7) is 1.79. The van der Waals surface area contributed by atoms with Gasteiger partial charge in [-0.3, -0.25) is 4.79 Å². The minimum atomic E-state index is -1.04. The van der Waals surface area contributed by atoms with E-state index in [1.165, 1.54) is 0 Å². The van der Waals surface area contributed by atoms with Gasteiger partial charge in [0.1, 0.15) is 5.82 Å². The molecule has 0 aliphatic carbocycles. The Morgan fingerprint density at radius 1 is 1.67 bits per heavy atom. The van der Waals surface area contributed by atoms with E-state index in [9.17, 15) is 9.18 Å². The van der Waals surface area contributed by atoms with Gasteiger partial charge in [-0.2, -0.15) is 0 Å². The SMILES string of the molecule is Cc1cc(Br)c(F)c(C(N)CC(=O)O)c1. The molecule has 1 aromatic rings. The molecule has 15 heavy (non-hydrogen) atoms. The summed E-state index contributed by atoms with van der Waals surface area (Å²) in [7, 11) is 0. The lowest BCUT2D eigenvalue weighted by molar-refractivity contribution is -0.137. The van der Waals surface area contributed by atoms with Crippen LogP contribution in [0.15, 0.2) is 16.6 Å². The van der Waals surface area contributed by atoms with Crippen molar-refractivity contribution < 1.29 is 14.3 Å². The number of hydrogen-bond donors (Lipinski definition) is 2. The van der Waals surface area contributed by atoms with Crippen LogP contribution >= 0.6 is 15.9 Å². The summed E-state index contributed by atoms with van der Waals surface area (Å²) in [6, 6.07) is 2.36. The standard InChI is InChI=1S/C10H11BrFNO2/c1-5-2-6(8(13)4-9(14)15)10(12)7(11)3-5/h2-3,8H,4,13H2,1H3,(H,14,15). The third-order valence-corrected chi connectivity index (χ3v) is 2.57. The van der Waals surface area contributed by atoms with Gasteiger partial charge in [0, 0.05) is 11.6 Å². The minimum absolute atomic E-state index is 0.226. The summed E-state index contributed by atoms with van der Waals surface area (Å²) in [6.07, 6.45) is -0.285. The van der Waals surface area contributed by atoms with Gasteiger partial charge < -0.3 is 10.8 Å². The van der Waals surface area contributed by atoms with Crippen molar-refractivity contribution in [2.24, 2.45) is 5.73 Å². The number of carbonyl (C=O) groups is 1. The summed E-state index contributed by atoms with van der Waals surface area (Å²) in [4.78, 5) is 10.5. The molecule has 82 valence electrons. The second-order valence-corrected chi connectivity index (χ2v) is 4.21. The molecule has 0 aliphatic heterocycles. The topological polar surface area (TPSA) is 63.3 Å². The van der Waals surface area contributed by atoms with Gasteiger partial charge in [0.25, 0.3) is 0 Å². The number of carboxylic acid groups (broad SMARTS) is 1. The third-order valence-electron chi connectivity index (χ3n) is 1.99. The lowest BCUT2D eigenvalue weighted by atomic mass is 10.0. The highest BCUT2D eigenvalue weighted by Gasteiger charge is 2.17. The first kappa shape index (κ1) is 12.1. The molecule has 3 N–H and O–H groups in total. The first-order valence-electron chi connectivity index (χ1n) is 4.34. The maximum Gasteiger partial charge on any atom is 0.305 e. The van der Waals surface area contributed by atoms with Crippen LogP contribution in [-0.4, -0.2) is 11.1 Å². The fourth-order valence-corrected chi connectivity index (χ4v) is 1.91. The summed E-state index contributed by atoms with van der Waals surface area (Å²) in [5, 5.41) is 8.56. The van der Waals surface area contributed by atoms with Crippen molar-refractivity contribution in [3.05, 3.63) is 33.5 Å². The highest BCUT2D eigenvalue weighted by molar-refractivity contribution is 9.10. The number of halogens is 2. The molecule has 1 atom stereocenters. The summed E-state index contributed by atoms with van der Waals surface area (Å²) in [5.41, 5.74) is 6.65. The van der Waals surface area contributed by atoms with Crippen molar-refractivity contribution in [2.75, 3.05) is 0 Å². The molecular weight excluding hydrogens is 265 g/mol. The van der Waals surface area contributed by atoms with E-state index in [2.05, 4.69) is 15.9 Å². The van der Waals surface area contributed by atoms with Gasteiger partial charge in [0.05, 0.1) is 10.9 Å². The van der Waals surface area contributed by atoms with Gasteiger partial charge in [0.15, 0.2) is 0 Å². The summed E-state index contributed by atoms with van der Waals surface area (Å²) >= 11 is 3.05. The Morgan fingerprint density at radius 3 is 2.80 bits per heavy atom. The number of aryl methyl sites for hydroxylation is 1. The van der Waals surface area contributed by atoms with Crippen LogP contribution in [0.4, 0.5) is 4.39 Å². The average molecular weight is 276 g/mol. The molecule has 5 heteroatoms. The number of hydrogen-bond acceptors (Lipinski definition) is 2. The van der Waals surface area contributed by atoms with Crippen molar-refractivity contribution in [3.8, 4) is 0 Å². The van der Waals surface area contributed by atoms with Gasteiger partial charge in [0.2, 0.25) is 0 Å². The lowest BCUT2D eigenvalue weighted by Crippen LogP contribution is -2.16. The van der Waals surface area contributed by atoms with Crippen LogP contribution < -0.4 is 5.73 Å². The van der Waals surface area contributed by atoms with E-state index < -0.39 is 17.8 Å². The molecule has 0 saturated heterocycles. The first-order valence-corrected chi connectivity index (χ1v) is 5.14. The second kappa shape index (κ2) is 4.72. The molecule has 0 radical (unpaired) electrons. The van der Waals surface area contributed by atoms with Crippen LogP contribution in [0.3, 0.4) is 0 Å². The molecule has 0 bridgehead atoms. The van der Waals surface area contributed by atoms with Gasteiger partial charge in [-0.05, 0) is 34.5 Å². The van der Waals surface area contributed by atoms with Gasteiger partial charge in [-0.25, -0.2) is 4.39 Å². The molecule has 1 unspecified atom stereocenters. The molecule has 0 fully saturated rings. The molecule has 0 saturated carbocycles. The largest absolute Gasteiger partial charge is 0.481 e. The quantitative estimate of drug-likeness (QED) is 0.890. The van der Waals surface area contributed by atoms with Crippen LogP contribution in [0, 0.1) is 12.7 Å². The lowest BCUT2D eigenvalue weighted by Gasteiger charge is -2.12. The Morgan fingerprint density at radius 2 is 2.27 bits per heavy atom. The first-order chi connectivity index (χ1) is 6.91. The van der Waals surface area contributed by atoms with Crippen molar-refractivity contribution >= 4 is 21.9 Å². The van der Waals surface area contributed by atoms with Gasteiger partial charge in [-0.15, -0.1) is 0 Å². The Balaban J connectivity index is 3.07. The molecule has 0 amide bonds. The van der Waals surface area contributed by atoms with Crippen LogP contribution in [0.25, 0.3) is 0 Å². The summed E-state index contributed by atoms with van der Waals surface area (Å²) < 4.78 is 13.9. The van der Waals surface area contributed by atoms with Gasteiger partial charge in [-0.1, -0.05) is 6.07 Å². The Bertz CT molecular complexity index is 395. The number of rotatable bonds is 3. The zero-order chi connectivity index (χ0) is 11.6. The molecule has 1 aromatic carbocycles. The van der Waals surface area contributed by atoms with Gasteiger partial charge >= 0.3 is 5.97 Å². The van der Waals surface area contributed by atoms with E-state index in [1.54, 1.807) is 19.1 Å². The van der Waals surface area contributed by atoms with Crippen molar-refractivity contribution in [3.63, 3.8) is 0 Å².